The SMILES string of the molecule is COc1cc2c(cc1S(=O)(=O)NCCOc1ccc(S(=O)(=O)N3CCCCC3)cc1)CCCC2. The lowest BCUT2D eigenvalue weighted by molar-refractivity contribution is 0.322. The Labute approximate surface area is 202 Å². The van der Waals surface area contributed by atoms with Crippen LogP contribution in [0.1, 0.15) is 43.2 Å². The van der Waals surface area contributed by atoms with Crippen molar-refractivity contribution in [2.24, 2.45) is 0 Å². The van der Waals surface area contributed by atoms with Crippen LogP contribution in [-0.2, 0) is 32.9 Å². The Morgan fingerprint density at radius 2 is 1.53 bits per heavy atom. The topological polar surface area (TPSA) is 102 Å². The normalized spacial score (nSPS) is 17.2. The molecule has 1 aliphatic carbocycles. The Morgan fingerprint density at radius 3 is 2.18 bits per heavy atom. The number of aryl methyl sites for hydroxylation is 2. The first-order valence-corrected chi connectivity index (χ1v) is 14.7. The number of rotatable bonds is 9. The van der Waals surface area contributed by atoms with Gasteiger partial charge in [-0.15, -0.1) is 0 Å². The van der Waals surface area contributed by atoms with Gasteiger partial charge in [-0.25, -0.2) is 21.6 Å². The number of ether oxygens (including phenoxy) is 2. The summed E-state index contributed by atoms with van der Waals surface area (Å²) in [5.41, 5.74) is 2.21. The van der Waals surface area contributed by atoms with E-state index in [4.69, 9.17) is 9.47 Å². The van der Waals surface area contributed by atoms with Gasteiger partial charge in [0, 0.05) is 19.6 Å². The van der Waals surface area contributed by atoms with Gasteiger partial charge in [0.05, 0.1) is 12.0 Å². The first-order valence-electron chi connectivity index (χ1n) is 11.7. The van der Waals surface area contributed by atoms with Crippen molar-refractivity contribution in [2.45, 2.75) is 54.7 Å². The molecule has 34 heavy (non-hydrogen) atoms. The maximum atomic E-state index is 12.9. The van der Waals surface area contributed by atoms with Gasteiger partial charge in [0.25, 0.3) is 0 Å². The molecule has 8 nitrogen and oxygen atoms in total. The summed E-state index contributed by atoms with van der Waals surface area (Å²) in [5, 5.41) is 0. The summed E-state index contributed by atoms with van der Waals surface area (Å²) < 4.78 is 66.4. The molecule has 186 valence electrons. The van der Waals surface area contributed by atoms with Crippen molar-refractivity contribution in [1.29, 1.82) is 0 Å². The van der Waals surface area contributed by atoms with Crippen molar-refractivity contribution in [3.63, 3.8) is 0 Å². The third-order valence-corrected chi connectivity index (χ3v) is 9.75. The summed E-state index contributed by atoms with van der Waals surface area (Å²) in [6.07, 6.45) is 6.78. The molecule has 4 rings (SSSR count). The molecule has 2 aromatic carbocycles. The summed E-state index contributed by atoms with van der Waals surface area (Å²) in [6.45, 7) is 1.27. The van der Waals surface area contributed by atoms with E-state index in [1.165, 1.54) is 23.5 Å². The largest absolute Gasteiger partial charge is 0.495 e. The van der Waals surface area contributed by atoms with Crippen molar-refractivity contribution >= 4 is 20.0 Å². The van der Waals surface area contributed by atoms with Crippen molar-refractivity contribution < 1.29 is 26.3 Å². The number of benzene rings is 2. The zero-order valence-corrected chi connectivity index (χ0v) is 21.1. The molecule has 1 aliphatic heterocycles. The molecular weight excluding hydrogens is 476 g/mol. The summed E-state index contributed by atoms with van der Waals surface area (Å²) in [7, 11) is -5.79. The summed E-state index contributed by atoms with van der Waals surface area (Å²) in [4.78, 5) is 0.380. The van der Waals surface area contributed by atoms with Gasteiger partial charge in [-0.3, -0.25) is 0 Å². The highest BCUT2D eigenvalue weighted by atomic mass is 32.2. The first-order chi connectivity index (χ1) is 16.3. The number of fused-ring (bicyclic) bond motifs is 1. The van der Waals surface area contributed by atoms with E-state index in [2.05, 4.69) is 4.72 Å². The minimum atomic E-state index is -3.77. The molecule has 0 saturated carbocycles. The number of nitrogens with zero attached hydrogens (tertiary/aromatic N) is 1. The maximum Gasteiger partial charge on any atom is 0.244 e. The standard InChI is InChI=1S/C24H32N2O6S2/c1-31-23-17-19-7-3-4-8-20(19)18-24(23)33(27,28)25-13-16-32-21-9-11-22(12-10-21)34(29,30)26-14-5-2-6-15-26/h9-12,17-18,25H,2-8,13-16H2,1H3. The molecule has 1 saturated heterocycles. The van der Waals surface area contributed by atoms with Gasteiger partial charge in [-0.05, 0) is 86.1 Å². The number of hydrogen-bond donors (Lipinski definition) is 1. The minimum absolute atomic E-state index is 0.0659. The third-order valence-electron chi connectivity index (χ3n) is 6.36. The first kappa shape index (κ1) is 25.0. The van der Waals surface area contributed by atoms with Crippen molar-refractivity contribution in [3.8, 4) is 11.5 Å². The van der Waals surface area contributed by atoms with Gasteiger partial charge in [-0.1, -0.05) is 6.42 Å². The van der Waals surface area contributed by atoms with Crippen LogP contribution in [0.3, 0.4) is 0 Å². The highest BCUT2D eigenvalue weighted by molar-refractivity contribution is 7.89. The second-order valence-electron chi connectivity index (χ2n) is 8.66. The second-order valence-corrected chi connectivity index (χ2v) is 12.3. The molecule has 0 amide bonds. The smallest absolute Gasteiger partial charge is 0.244 e. The fourth-order valence-electron chi connectivity index (χ4n) is 4.49. The van der Waals surface area contributed by atoms with E-state index in [0.29, 0.717) is 24.6 Å². The molecule has 1 heterocycles. The number of methoxy groups -OCH3 is 1. The van der Waals surface area contributed by atoms with Crippen LogP contribution in [-0.4, -0.2) is 54.5 Å². The van der Waals surface area contributed by atoms with Crippen LogP contribution in [0.25, 0.3) is 0 Å². The predicted octanol–water partition coefficient (Wildman–Crippen LogP) is 3.11. The van der Waals surface area contributed by atoms with Crippen molar-refractivity contribution in [1.82, 2.24) is 9.03 Å². The monoisotopic (exact) mass is 508 g/mol. The van der Waals surface area contributed by atoms with Crippen LogP contribution < -0.4 is 14.2 Å². The van der Waals surface area contributed by atoms with Gasteiger partial charge in [0.15, 0.2) is 0 Å². The van der Waals surface area contributed by atoms with Crippen LogP contribution in [0.15, 0.2) is 46.2 Å². The molecule has 1 fully saturated rings. The molecule has 0 unspecified atom stereocenters. The van der Waals surface area contributed by atoms with Crippen LogP contribution >= 0.6 is 0 Å². The summed E-state index contributed by atoms with van der Waals surface area (Å²) in [6, 6.07) is 9.80. The molecule has 2 aliphatic rings. The summed E-state index contributed by atoms with van der Waals surface area (Å²) >= 11 is 0. The van der Waals surface area contributed by atoms with E-state index < -0.39 is 20.0 Å². The zero-order chi connectivity index (χ0) is 24.2. The van der Waals surface area contributed by atoms with Gasteiger partial charge in [-0.2, -0.15) is 4.31 Å². The van der Waals surface area contributed by atoms with E-state index in [0.717, 1.165) is 56.1 Å². The molecule has 0 aromatic heterocycles. The molecule has 0 atom stereocenters. The molecule has 0 radical (unpaired) electrons. The molecule has 1 N–H and O–H groups in total. The zero-order valence-electron chi connectivity index (χ0n) is 19.5. The fraction of sp³-hybridized carbons (Fsp3) is 0.500. The Balaban J connectivity index is 1.34. The quantitative estimate of drug-likeness (QED) is 0.522. The average Bonchev–Trinajstić information content (AvgIpc) is 2.86. The van der Waals surface area contributed by atoms with Crippen LogP contribution in [0.2, 0.25) is 0 Å². The fourth-order valence-corrected chi connectivity index (χ4v) is 7.22. The van der Waals surface area contributed by atoms with E-state index in [1.54, 1.807) is 18.2 Å². The Hall–Kier alpha value is -2.14. The molecule has 0 spiro atoms. The lowest BCUT2D eigenvalue weighted by Crippen LogP contribution is -2.35. The number of nitrogens with one attached hydrogen (secondary N) is 1. The molecular formula is C24H32N2O6S2. The predicted molar refractivity (Wildman–Crippen MR) is 129 cm³/mol. The van der Waals surface area contributed by atoms with Crippen LogP contribution in [0.5, 0.6) is 11.5 Å². The van der Waals surface area contributed by atoms with E-state index >= 15 is 0 Å². The minimum Gasteiger partial charge on any atom is -0.495 e. The number of hydrogen-bond acceptors (Lipinski definition) is 6. The Kier molecular flexibility index (Phi) is 7.81. The van der Waals surface area contributed by atoms with Gasteiger partial charge < -0.3 is 9.47 Å². The van der Waals surface area contributed by atoms with Gasteiger partial charge >= 0.3 is 0 Å². The van der Waals surface area contributed by atoms with Crippen molar-refractivity contribution in [3.05, 3.63) is 47.5 Å². The van der Waals surface area contributed by atoms with E-state index in [9.17, 15) is 16.8 Å². The van der Waals surface area contributed by atoms with E-state index in [-0.39, 0.29) is 22.9 Å². The van der Waals surface area contributed by atoms with Crippen LogP contribution in [0, 0.1) is 0 Å². The highest BCUT2D eigenvalue weighted by Crippen LogP contribution is 2.32. The lowest BCUT2D eigenvalue weighted by atomic mass is 9.92. The number of piperidine rings is 1. The third kappa shape index (κ3) is 5.56. The Bertz CT molecular complexity index is 1200. The second kappa shape index (κ2) is 10.6. The Morgan fingerprint density at radius 1 is 0.882 bits per heavy atom. The van der Waals surface area contributed by atoms with E-state index in [1.807, 2.05) is 6.07 Å². The average molecular weight is 509 g/mol. The van der Waals surface area contributed by atoms with Gasteiger partial charge in [0.1, 0.15) is 23.0 Å². The van der Waals surface area contributed by atoms with Crippen molar-refractivity contribution in [2.75, 3.05) is 33.4 Å². The van der Waals surface area contributed by atoms with Gasteiger partial charge in [0.2, 0.25) is 20.0 Å². The number of sulfonamides is 2. The highest BCUT2D eigenvalue weighted by Gasteiger charge is 2.26. The van der Waals surface area contributed by atoms with Crippen LogP contribution in [0.4, 0.5) is 0 Å². The maximum absolute atomic E-state index is 12.9. The lowest BCUT2D eigenvalue weighted by Gasteiger charge is -2.25. The molecule has 0 bridgehead atoms. The molecule has 10 heteroatoms. The summed E-state index contributed by atoms with van der Waals surface area (Å²) in [5.74, 6) is 0.822. The molecule has 2 aromatic rings.